The van der Waals surface area contributed by atoms with Gasteiger partial charge >= 0.3 is 18.0 Å². The zero-order valence-electron chi connectivity index (χ0n) is 28.0. The molecular weight excluding hydrogens is 660 g/mol. The first-order chi connectivity index (χ1) is 24.5. The van der Waals surface area contributed by atoms with E-state index in [-0.39, 0.29) is 44.5 Å². The summed E-state index contributed by atoms with van der Waals surface area (Å²) in [5.41, 5.74) is 9.95. The number of rotatable bonds is 18. The summed E-state index contributed by atoms with van der Waals surface area (Å²) in [6, 6.07) is 12.2. The standard InChI is InChI=1S/C35H42N8O8/c1-2-50-31(46)14-13-21(17-30(44)45)41-33(48)29(16-22-18-38-20-40-22)42-32(47)28(12-7-15-39-34(36)37)43-35(49)51-19-27-25-10-5-3-8-23(25)24-9-4-6-11-26(24)27/h3-6,8-11,13-14,18,20-21,27-29H,2,7,12,15-17,19H2,1H3,(H,38,40)(H,41,48)(H,42,47)(H,43,49)(H,44,45)(H4,36,37,39)/b14-13+/t21-,28+,29+/m1/s1. The van der Waals surface area contributed by atoms with Crippen molar-refractivity contribution in [3.05, 3.63) is 90.0 Å². The molecule has 1 aliphatic carbocycles. The van der Waals surface area contributed by atoms with Crippen LogP contribution < -0.4 is 27.0 Å². The maximum absolute atomic E-state index is 13.7. The van der Waals surface area contributed by atoms with E-state index in [2.05, 4.69) is 31.2 Å². The number of hydrogen-bond acceptors (Lipinski definition) is 9. The maximum Gasteiger partial charge on any atom is 0.407 e. The van der Waals surface area contributed by atoms with Crippen LogP contribution in [-0.2, 0) is 35.1 Å². The van der Waals surface area contributed by atoms with Crippen LogP contribution in [0.25, 0.3) is 11.1 Å². The molecule has 1 aliphatic rings. The highest BCUT2D eigenvalue weighted by Crippen LogP contribution is 2.44. The van der Waals surface area contributed by atoms with Crippen LogP contribution >= 0.6 is 0 Å². The lowest BCUT2D eigenvalue weighted by atomic mass is 9.98. The molecule has 3 amide bonds. The van der Waals surface area contributed by atoms with Gasteiger partial charge in [0, 0.05) is 31.2 Å². The minimum absolute atomic E-state index is 0.00850. The number of nitrogens with zero attached hydrogens (tertiary/aromatic N) is 1. The third kappa shape index (κ3) is 11.2. The minimum atomic E-state index is -1.27. The monoisotopic (exact) mass is 702 g/mol. The Bertz CT molecular complexity index is 1680. The Morgan fingerprint density at radius 2 is 1.65 bits per heavy atom. The number of imidazole rings is 1. The highest BCUT2D eigenvalue weighted by molar-refractivity contribution is 5.92. The van der Waals surface area contributed by atoms with Crippen LogP contribution in [0.2, 0.25) is 0 Å². The molecule has 0 saturated carbocycles. The zero-order chi connectivity index (χ0) is 36.8. The molecule has 4 rings (SSSR count). The Balaban J connectivity index is 1.48. The highest BCUT2D eigenvalue weighted by atomic mass is 16.5. The van der Waals surface area contributed by atoms with Crippen LogP contribution in [-0.4, -0.2) is 88.8 Å². The summed E-state index contributed by atoms with van der Waals surface area (Å²) in [5.74, 6) is -3.92. The molecule has 0 radical (unpaired) electrons. The fourth-order valence-electron chi connectivity index (χ4n) is 5.70. The molecule has 270 valence electrons. The first-order valence-corrected chi connectivity index (χ1v) is 16.4. The van der Waals surface area contributed by atoms with Crippen molar-refractivity contribution in [2.75, 3.05) is 19.8 Å². The molecule has 16 heteroatoms. The van der Waals surface area contributed by atoms with Gasteiger partial charge in [-0.2, -0.15) is 0 Å². The number of benzene rings is 2. The number of carboxylic acid groups (broad SMARTS) is 1. The molecular formula is C35H42N8O8. The van der Waals surface area contributed by atoms with Gasteiger partial charge in [0.05, 0.1) is 31.1 Å². The van der Waals surface area contributed by atoms with Crippen molar-refractivity contribution in [2.24, 2.45) is 5.73 Å². The largest absolute Gasteiger partial charge is 0.481 e. The summed E-state index contributed by atoms with van der Waals surface area (Å²) in [5, 5.41) is 27.3. The fourth-order valence-corrected chi connectivity index (χ4v) is 5.70. The van der Waals surface area contributed by atoms with Crippen molar-refractivity contribution in [1.29, 1.82) is 5.41 Å². The van der Waals surface area contributed by atoms with Crippen LogP contribution in [0.1, 0.15) is 48.9 Å². The number of esters is 1. The van der Waals surface area contributed by atoms with E-state index in [1.165, 1.54) is 18.6 Å². The first-order valence-electron chi connectivity index (χ1n) is 16.4. The van der Waals surface area contributed by atoms with Crippen LogP contribution in [0.4, 0.5) is 4.79 Å². The van der Waals surface area contributed by atoms with Gasteiger partial charge in [-0.25, -0.2) is 14.6 Å². The Labute approximate surface area is 294 Å². The van der Waals surface area contributed by atoms with Crippen LogP contribution in [0.3, 0.4) is 0 Å². The highest BCUT2D eigenvalue weighted by Gasteiger charge is 2.31. The van der Waals surface area contributed by atoms with Crippen molar-refractivity contribution in [1.82, 2.24) is 31.2 Å². The predicted molar refractivity (Wildman–Crippen MR) is 185 cm³/mol. The number of aromatic amines is 1. The molecule has 1 heterocycles. The number of carboxylic acids is 1. The molecule has 9 N–H and O–H groups in total. The lowest BCUT2D eigenvalue weighted by Gasteiger charge is -2.24. The molecule has 16 nitrogen and oxygen atoms in total. The first kappa shape index (κ1) is 37.6. The van der Waals surface area contributed by atoms with E-state index >= 15 is 0 Å². The second-order valence-corrected chi connectivity index (χ2v) is 11.7. The SMILES string of the molecule is CCOC(=O)/C=C/[C@H](CC(=O)O)NC(=O)[C@H](Cc1c[nH]cn1)NC(=O)[C@H](CCCNC(=N)N)NC(=O)OCC1c2ccccc2-c2ccccc21. The van der Waals surface area contributed by atoms with E-state index in [4.69, 9.17) is 20.6 Å². The number of ether oxygens (including phenoxy) is 2. The summed E-state index contributed by atoms with van der Waals surface area (Å²) in [4.78, 5) is 70.7. The van der Waals surface area contributed by atoms with E-state index in [1.807, 2.05) is 48.5 Å². The number of carbonyl (C=O) groups excluding carboxylic acids is 4. The van der Waals surface area contributed by atoms with Crippen molar-refractivity contribution in [3.8, 4) is 11.1 Å². The average Bonchev–Trinajstić information content (AvgIpc) is 3.73. The van der Waals surface area contributed by atoms with Gasteiger partial charge in [0.25, 0.3) is 0 Å². The van der Waals surface area contributed by atoms with E-state index in [0.29, 0.717) is 12.1 Å². The van der Waals surface area contributed by atoms with Gasteiger partial charge in [0.2, 0.25) is 11.8 Å². The van der Waals surface area contributed by atoms with E-state index in [9.17, 15) is 29.1 Å². The van der Waals surface area contributed by atoms with Gasteiger partial charge in [-0.1, -0.05) is 54.6 Å². The third-order valence-electron chi connectivity index (χ3n) is 8.01. The molecule has 0 aliphatic heterocycles. The Kier molecular flexibility index (Phi) is 13.7. The van der Waals surface area contributed by atoms with Crippen molar-refractivity contribution in [2.45, 2.75) is 56.7 Å². The van der Waals surface area contributed by atoms with E-state index in [1.54, 1.807) is 6.92 Å². The topological polar surface area (TPSA) is 251 Å². The molecule has 0 spiro atoms. The summed E-state index contributed by atoms with van der Waals surface area (Å²) in [6.07, 6.45) is 4.02. The normalized spacial score (nSPS) is 13.6. The maximum atomic E-state index is 13.7. The van der Waals surface area contributed by atoms with Crippen LogP contribution in [0.15, 0.2) is 73.2 Å². The number of H-pyrrole nitrogens is 1. The number of aromatic nitrogens is 2. The molecule has 0 saturated heterocycles. The van der Waals surface area contributed by atoms with Crippen molar-refractivity contribution < 1.29 is 38.6 Å². The van der Waals surface area contributed by atoms with Gasteiger partial charge in [0.15, 0.2) is 5.96 Å². The molecule has 0 fully saturated rings. The summed E-state index contributed by atoms with van der Waals surface area (Å²) in [7, 11) is 0. The number of amides is 3. The number of guanidine groups is 1. The molecule has 0 bridgehead atoms. The molecule has 3 aromatic rings. The fraction of sp³-hybridized carbons (Fsp3) is 0.343. The summed E-state index contributed by atoms with van der Waals surface area (Å²) in [6.45, 7) is 1.95. The predicted octanol–water partition coefficient (Wildman–Crippen LogP) is 1.69. The van der Waals surface area contributed by atoms with Gasteiger partial charge in [-0.05, 0) is 42.0 Å². The summed E-state index contributed by atoms with van der Waals surface area (Å²) >= 11 is 0. The molecule has 2 aromatic carbocycles. The lowest BCUT2D eigenvalue weighted by molar-refractivity contribution is -0.139. The number of hydrogen-bond donors (Lipinski definition) is 8. The number of alkyl carbamates (subject to hydrolysis) is 1. The van der Waals surface area contributed by atoms with Crippen molar-refractivity contribution >= 4 is 35.8 Å². The number of fused-ring (bicyclic) bond motifs is 3. The summed E-state index contributed by atoms with van der Waals surface area (Å²) < 4.78 is 10.5. The molecule has 3 atom stereocenters. The number of nitrogens with one attached hydrogen (secondary N) is 6. The lowest BCUT2D eigenvalue weighted by Crippen LogP contribution is -2.55. The van der Waals surface area contributed by atoms with Crippen LogP contribution in [0.5, 0.6) is 0 Å². The average molecular weight is 703 g/mol. The Morgan fingerprint density at radius 3 is 2.25 bits per heavy atom. The molecule has 0 unspecified atom stereocenters. The second-order valence-electron chi connectivity index (χ2n) is 11.7. The number of aliphatic carboxylic acids is 1. The smallest absolute Gasteiger partial charge is 0.407 e. The zero-order valence-corrected chi connectivity index (χ0v) is 28.0. The van der Waals surface area contributed by atoms with Gasteiger partial charge in [-0.3, -0.25) is 19.8 Å². The molecule has 51 heavy (non-hydrogen) atoms. The van der Waals surface area contributed by atoms with E-state index < -0.39 is 54.4 Å². The Morgan fingerprint density at radius 1 is 0.980 bits per heavy atom. The van der Waals surface area contributed by atoms with E-state index in [0.717, 1.165) is 28.3 Å². The van der Waals surface area contributed by atoms with Gasteiger partial charge < -0.3 is 46.6 Å². The minimum Gasteiger partial charge on any atom is -0.481 e. The Hall–Kier alpha value is -6.19. The van der Waals surface area contributed by atoms with Gasteiger partial charge in [-0.15, -0.1) is 0 Å². The number of carbonyl (C=O) groups is 5. The quantitative estimate of drug-likeness (QED) is 0.0311. The third-order valence-corrected chi connectivity index (χ3v) is 8.01. The molecule has 1 aromatic heterocycles. The van der Waals surface area contributed by atoms with Crippen LogP contribution in [0, 0.1) is 5.41 Å². The van der Waals surface area contributed by atoms with Crippen molar-refractivity contribution in [3.63, 3.8) is 0 Å². The second kappa shape index (κ2) is 18.5. The van der Waals surface area contributed by atoms with Gasteiger partial charge in [0.1, 0.15) is 18.7 Å². The number of nitrogens with two attached hydrogens (primary N) is 1.